The summed E-state index contributed by atoms with van der Waals surface area (Å²) in [5.41, 5.74) is 2.95. The van der Waals surface area contributed by atoms with Crippen LogP contribution in [0, 0.1) is 0 Å². The average molecular weight is 447 g/mol. The first-order valence-electron chi connectivity index (χ1n) is 9.93. The summed E-state index contributed by atoms with van der Waals surface area (Å²) in [6.07, 6.45) is 1.96. The van der Waals surface area contributed by atoms with E-state index in [4.69, 9.17) is 0 Å². The zero-order valence-electron chi connectivity index (χ0n) is 18.5. The maximum absolute atomic E-state index is 13.0. The molecule has 0 aliphatic heterocycles. The molecule has 2 amide bonds. The molecule has 0 bridgehead atoms. The number of nitrogens with one attached hydrogen (secondary N) is 3. The van der Waals surface area contributed by atoms with E-state index in [1.165, 1.54) is 30.7 Å². The third-order valence-corrected chi connectivity index (χ3v) is 5.32. The van der Waals surface area contributed by atoms with Crippen LogP contribution in [0.25, 0.3) is 0 Å². The second-order valence-corrected chi connectivity index (χ2v) is 9.35. The van der Waals surface area contributed by atoms with Gasteiger partial charge in [0.15, 0.2) is 0 Å². The predicted octanol–water partition coefficient (Wildman–Crippen LogP) is 2.61. The van der Waals surface area contributed by atoms with E-state index >= 15 is 0 Å². The van der Waals surface area contributed by atoms with Crippen LogP contribution in [0.3, 0.4) is 0 Å². The van der Waals surface area contributed by atoms with Crippen molar-refractivity contribution < 1.29 is 18.0 Å². The molecule has 0 spiro atoms. The van der Waals surface area contributed by atoms with Gasteiger partial charge in [0, 0.05) is 19.2 Å². The number of likely N-dealkylation sites (N-methyl/N-ethyl adjacent to an activating group) is 1. The molecule has 8 nitrogen and oxygen atoms in total. The fraction of sp³-hybridized carbons (Fsp3) is 0.364. The molecule has 2 aromatic rings. The maximum atomic E-state index is 13.0. The van der Waals surface area contributed by atoms with Gasteiger partial charge >= 0.3 is 0 Å². The van der Waals surface area contributed by atoms with Gasteiger partial charge in [0.2, 0.25) is 15.9 Å². The molecule has 0 fully saturated rings. The van der Waals surface area contributed by atoms with Crippen LogP contribution in [0.4, 0.5) is 11.4 Å². The highest BCUT2D eigenvalue weighted by molar-refractivity contribution is 7.92. The summed E-state index contributed by atoms with van der Waals surface area (Å²) in [6, 6.07) is 12.6. The maximum Gasteiger partial charge on any atom is 0.253 e. The number of sulfonamides is 1. The Morgan fingerprint density at radius 1 is 1.06 bits per heavy atom. The van der Waals surface area contributed by atoms with Crippen molar-refractivity contribution in [3.8, 4) is 0 Å². The van der Waals surface area contributed by atoms with E-state index in [1.807, 2.05) is 31.1 Å². The summed E-state index contributed by atoms with van der Waals surface area (Å²) in [7, 11) is 0.269. The lowest BCUT2D eigenvalue weighted by atomic mass is 10.0. The quantitative estimate of drug-likeness (QED) is 0.549. The predicted molar refractivity (Wildman–Crippen MR) is 124 cm³/mol. The second-order valence-electron chi connectivity index (χ2n) is 7.60. The number of hydrogen-bond donors (Lipinski definition) is 3. The van der Waals surface area contributed by atoms with Crippen molar-refractivity contribution in [2.24, 2.45) is 0 Å². The fourth-order valence-corrected chi connectivity index (χ4v) is 3.74. The van der Waals surface area contributed by atoms with Crippen LogP contribution in [-0.4, -0.2) is 52.0 Å². The Kier molecular flexibility index (Phi) is 8.18. The molecule has 1 atom stereocenters. The molecule has 9 heteroatoms. The Hall–Kier alpha value is -2.91. The number of aryl methyl sites for hydroxylation is 1. The topological polar surface area (TPSA) is 108 Å². The molecule has 0 saturated heterocycles. The Morgan fingerprint density at radius 3 is 2.23 bits per heavy atom. The number of amides is 2. The van der Waals surface area contributed by atoms with Gasteiger partial charge in [-0.2, -0.15) is 0 Å². The fourth-order valence-electron chi connectivity index (χ4n) is 3.16. The summed E-state index contributed by atoms with van der Waals surface area (Å²) < 4.78 is 25.8. The summed E-state index contributed by atoms with van der Waals surface area (Å²) in [6.45, 7) is 3.77. The van der Waals surface area contributed by atoms with Crippen molar-refractivity contribution in [2.75, 3.05) is 36.9 Å². The average Bonchev–Trinajstić information content (AvgIpc) is 2.68. The molecule has 1 unspecified atom stereocenters. The van der Waals surface area contributed by atoms with Crippen molar-refractivity contribution in [1.29, 1.82) is 0 Å². The Balaban J connectivity index is 2.27. The lowest BCUT2D eigenvalue weighted by Crippen LogP contribution is -2.35. The summed E-state index contributed by atoms with van der Waals surface area (Å²) in [5.74, 6) is -0.742. The van der Waals surface area contributed by atoms with E-state index in [9.17, 15) is 18.0 Å². The number of hydrogen-bond acceptors (Lipinski definition) is 5. The molecule has 3 N–H and O–H groups in total. The molecule has 2 rings (SSSR count). The summed E-state index contributed by atoms with van der Waals surface area (Å²) >= 11 is 0. The number of rotatable bonds is 9. The van der Waals surface area contributed by atoms with Crippen LogP contribution < -0.4 is 15.4 Å². The third-order valence-electron chi connectivity index (χ3n) is 4.73. The molecule has 168 valence electrons. The van der Waals surface area contributed by atoms with E-state index in [0.717, 1.165) is 18.2 Å². The van der Waals surface area contributed by atoms with Gasteiger partial charge in [0.25, 0.3) is 5.91 Å². The standard InChI is InChI=1S/C22H30N4O4S/c1-6-16-7-9-17(10-8-16)21(26(3)4)14-23-22(28)19-13-18(24-15(2)27)11-12-20(19)25-31(5,29)30/h7-13,21,25H,6,14H2,1-5H3,(H,23,28)(H,24,27). The van der Waals surface area contributed by atoms with Crippen LogP contribution in [-0.2, 0) is 21.2 Å². The minimum atomic E-state index is -3.59. The second kappa shape index (κ2) is 10.4. The first-order chi connectivity index (χ1) is 14.5. The number of benzene rings is 2. The van der Waals surface area contributed by atoms with Crippen molar-refractivity contribution >= 4 is 33.2 Å². The highest BCUT2D eigenvalue weighted by atomic mass is 32.2. The zero-order chi connectivity index (χ0) is 23.2. The number of carbonyl (C=O) groups excluding carboxylic acids is 2. The van der Waals surface area contributed by atoms with Crippen molar-refractivity contribution in [3.63, 3.8) is 0 Å². The van der Waals surface area contributed by atoms with Gasteiger partial charge in [-0.25, -0.2) is 8.42 Å². The van der Waals surface area contributed by atoms with Crippen LogP contribution in [0.5, 0.6) is 0 Å². The van der Waals surface area contributed by atoms with E-state index in [2.05, 4.69) is 34.4 Å². The van der Waals surface area contributed by atoms with Crippen molar-refractivity contribution in [1.82, 2.24) is 10.2 Å². The van der Waals surface area contributed by atoms with E-state index in [1.54, 1.807) is 0 Å². The van der Waals surface area contributed by atoms with Crippen LogP contribution in [0.2, 0.25) is 0 Å². The summed E-state index contributed by atoms with van der Waals surface area (Å²) in [5, 5.41) is 5.49. The lowest BCUT2D eigenvalue weighted by molar-refractivity contribution is -0.114. The van der Waals surface area contributed by atoms with Crippen LogP contribution in [0.1, 0.15) is 41.4 Å². The Morgan fingerprint density at radius 2 is 1.71 bits per heavy atom. The molecule has 0 aliphatic carbocycles. The minimum Gasteiger partial charge on any atom is -0.350 e. The molecule has 0 saturated carbocycles. The van der Waals surface area contributed by atoms with E-state index < -0.39 is 15.9 Å². The molecular weight excluding hydrogens is 416 g/mol. The van der Waals surface area contributed by atoms with E-state index in [0.29, 0.717) is 12.2 Å². The molecule has 0 radical (unpaired) electrons. The molecule has 2 aromatic carbocycles. The number of carbonyl (C=O) groups is 2. The van der Waals surface area contributed by atoms with Gasteiger partial charge in [-0.05, 0) is 49.8 Å². The molecular formula is C22H30N4O4S. The third kappa shape index (κ3) is 7.37. The minimum absolute atomic E-state index is 0.0697. The van der Waals surface area contributed by atoms with Crippen LogP contribution >= 0.6 is 0 Å². The van der Waals surface area contributed by atoms with Gasteiger partial charge in [-0.1, -0.05) is 31.2 Å². The normalized spacial score (nSPS) is 12.3. The van der Waals surface area contributed by atoms with Gasteiger partial charge in [0.1, 0.15) is 0 Å². The van der Waals surface area contributed by atoms with Crippen LogP contribution in [0.15, 0.2) is 42.5 Å². The zero-order valence-corrected chi connectivity index (χ0v) is 19.3. The monoisotopic (exact) mass is 446 g/mol. The highest BCUT2D eigenvalue weighted by Crippen LogP contribution is 2.23. The highest BCUT2D eigenvalue weighted by Gasteiger charge is 2.19. The number of anilines is 2. The van der Waals surface area contributed by atoms with Gasteiger partial charge in [-0.15, -0.1) is 0 Å². The van der Waals surface area contributed by atoms with E-state index in [-0.39, 0.29) is 23.2 Å². The largest absolute Gasteiger partial charge is 0.350 e. The Labute approximate surface area is 184 Å². The van der Waals surface area contributed by atoms with Gasteiger partial charge in [0.05, 0.1) is 23.5 Å². The van der Waals surface area contributed by atoms with Gasteiger partial charge < -0.3 is 15.5 Å². The molecule has 0 aromatic heterocycles. The molecule has 31 heavy (non-hydrogen) atoms. The first-order valence-corrected chi connectivity index (χ1v) is 11.8. The lowest BCUT2D eigenvalue weighted by Gasteiger charge is -2.25. The first kappa shape index (κ1) is 24.4. The number of nitrogens with zero attached hydrogens (tertiary/aromatic N) is 1. The SMILES string of the molecule is CCc1ccc(C(CNC(=O)c2cc(NC(C)=O)ccc2NS(C)(=O)=O)N(C)C)cc1. The van der Waals surface area contributed by atoms with Gasteiger partial charge in [-0.3, -0.25) is 14.3 Å². The Bertz CT molecular complexity index is 1030. The van der Waals surface area contributed by atoms with Crippen molar-refractivity contribution in [2.45, 2.75) is 26.3 Å². The van der Waals surface area contributed by atoms with Crippen molar-refractivity contribution in [3.05, 3.63) is 59.2 Å². The molecule has 0 aliphatic rings. The smallest absolute Gasteiger partial charge is 0.253 e. The summed E-state index contributed by atoms with van der Waals surface area (Å²) in [4.78, 5) is 26.3. The molecule has 0 heterocycles.